The fraction of sp³-hybridized carbons (Fsp3) is 0.130. The van der Waals surface area contributed by atoms with E-state index in [0.29, 0.717) is 5.02 Å². The predicted octanol–water partition coefficient (Wildman–Crippen LogP) is 5.76. The largest absolute Gasteiger partial charge is 0.267 e. The molecule has 0 spiro atoms. The van der Waals surface area contributed by atoms with E-state index < -0.39 is 6.04 Å². The van der Waals surface area contributed by atoms with E-state index in [1.54, 1.807) is 0 Å². The van der Waals surface area contributed by atoms with Crippen LogP contribution in [-0.2, 0) is 0 Å². The van der Waals surface area contributed by atoms with Crippen LogP contribution in [0.1, 0.15) is 35.2 Å². The number of nitrogens with zero attached hydrogens (tertiary/aromatic N) is 3. The molecule has 132 valence electrons. The van der Waals surface area contributed by atoms with Gasteiger partial charge in [-0.15, -0.1) is 0 Å². The van der Waals surface area contributed by atoms with Crippen LogP contribution in [0.15, 0.2) is 90.0 Å². The lowest BCUT2D eigenvalue weighted by Gasteiger charge is -2.28. The Morgan fingerprint density at radius 3 is 2.19 bits per heavy atom. The monoisotopic (exact) mass is 371 g/mol. The topological polar surface area (TPSA) is 39.4 Å². The number of hydrazone groups is 1. The van der Waals surface area contributed by atoms with E-state index in [1.807, 2.05) is 65.7 Å². The molecule has 0 amide bonds. The highest BCUT2D eigenvalue weighted by Gasteiger charge is 2.34. The summed E-state index contributed by atoms with van der Waals surface area (Å²) in [5, 5.41) is 17.4. The molecule has 1 aliphatic rings. The van der Waals surface area contributed by atoms with Crippen LogP contribution in [0.3, 0.4) is 0 Å². The van der Waals surface area contributed by atoms with Gasteiger partial charge in [-0.2, -0.15) is 10.4 Å². The Bertz CT molecular complexity index is 976. The van der Waals surface area contributed by atoms with Crippen molar-refractivity contribution in [2.45, 2.75) is 18.5 Å². The Labute approximate surface area is 164 Å². The van der Waals surface area contributed by atoms with Gasteiger partial charge in [-0.3, -0.25) is 5.01 Å². The second-order valence-corrected chi connectivity index (χ2v) is 6.94. The van der Waals surface area contributed by atoms with E-state index in [2.05, 4.69) is 30.3 Å². The van der Waals surface area contributed by atoms with Gasteiger partial charge in [-0.05, 0) is 28.8 Å². The fourth-order valence-electron chi connectivity index (χ4n) is 3.45. The first-order valence-electron chi connectivity index (χ1n) is 8.87. The lowest BCUT2D eigenvalue weighted by atomic mass is 9.97. The van der Waals surface area contributed by atoms with Crippen molar-refractivity contribution in [2.24, 2.45) is 5.10 Å². The van der Waals surface area contributed by atoms with Gasteiger partial charge in [0.15, 0.2) is 6.04 Å². The maximum absolute atomic E-state index is 9.94. The zero-order valence-electron chi connectivity index (χ0n) is 14.7. The van der Waals surface area contributed by atoms with Crippen molar-refractivity contribution in [1.29, 1.82) is 5.26 Å². The third-order valence-corrected chi connectivity index (χ3v) is 5.06. The summed E-state index contributed by atoms with van der Waals surface area (Å²) in [7, 11) is 0. The highest BCUT2D eigenvalue weighted by atomic mass is 35.5. The normalized spacial score (nSPS) is 17.3. The molecule has 0 fully saturated rings. The molecule has 0 bridgehead atoms. The molecule has 0 saturated carbocycles. The number of benzene rings is 3. The smallest absolute Gasteiger partial charge is 0.159 e. The van der Waals surface area contributed by atoms with Gasteiger partial charge in [0.05, 0.1) is 17.8 Å². The van der Waals surface area contributed by atoms with Crippen molar-refractivity contribution in [3.63, 3.8) is 0 Å². The van der Waals surface area contributed by atoms with Crippen LogP contribution in [0.2, 0.25) is 5.02 Å². The molecule has 0 aromatic heterocycles. The molecule has 3 aromatic carbocycles. The molecule has 0 radical (unpaired) electrons. The maximum Gasteiger partial charge on any atom is 0.159 e. The molecular weight excluding hydrogens is 354 g/mol. The minimum Gasteiger partial charge on any atom is -0.267 e. The molecule has 3 nitrogen and oxygen atoms in total. The maximum atomic E-state index is 9.94. The lowest BCUT2D eigenvalue weighted by Crippen LogP contribution is -2.24. The SMILES string of the molecule is N#C[C@@H](c1ccc(Cl)cc1)N1N=C(c2ccccc2)C[C@H]1c1ccccc1. The average molecular weight is 372 g/mol. The molecule has 27 heavy (non-hydrogen) atoms. The minimum absolute atomic E-state index is 0.0155. The number of hydrogen-bond donors (Lipinski definition) is 0. The molecule has 4 rings (SSSR count). The Kier molecular flexibility index (Phi) is 4.91. The van der Waals surface area contributed by atoms with Crippen LogP contribution >= 0.6 is 11.6 Å². The first-order chi connectivity index (χ1) is 13.3. The highest BCUT2D eigenvalue weighted by molar-refractivity contribution is 6.30. The van der Waals surface area contributed by atoms with E-state index in [1.165, 1.54) is 0 Å². The molecule has 3 aromatic rings. The summed E-state index contributed by atoms with van der Waals surface area (Å²) in [5.74, 6) is 0. The predicted molar refractivity (Wildman–Crippen MR) is 108 cm³/mol. The van der Waals surface area contributed by atoms with Gasteiger partial charge in [0.2, 0.25) is 0 Å². The van der Waals surface area contributed by atoms with Crippen molar-refractivity contribution < 1.29 is 0 Å². The fourth-order valence-corrected chi connectivity index (χ4v) is 3.57. The van der Waals surface area contributed by atoms with Crippen LogP contribution in [0, 0.1) is 11.3 Å². The van der Waals surface area contributed by atoms with E-state index in [9.17, 15) is 5.26 Å². The second-order valence-electron chi connectivity index (χ2n) is 6.51. The zero-order valence-corrected chi connectivity index (χ0v) is 15.4. The molecule has 0 N–H and O–H groups in total. The van der Waals surface area contributed by atoms with Crippen molar-refractivity contribution in [3.05, 3.63) is 107 Å². The Hall–Kier alpha value is -3.09. The number of halogens is 1. The average Bonchev–Trinajstić information content (AvgIpc) is 3.16. The van der Waals surface area contributed by atoms with Crippen molar-refractivity contribution in [2.75, 3.05) is 0 Å². The Morgan fingerprint density at radius 2 is 1.56 bits per heavy atom. The van der Waals surface area contributed by atoms with Crippen LogP contribution in [0.5, 0.6) is 0 Å². The van der Waals surface area contributed by atoms with Gasteiger partial charge in [0, 0.05) is 11.4 Å². The minimum atomic E-state index is -0.478. The van der Waals surface area contributed by atoms with Gasteiger partial charge < -0.3 is 0 Å². The summed E-state index contributed by atoms with van der Waals surface area (Å²) >= 11 is 6.02. The van der Waals surface area contributed by atoms with Crippen LogP contribution in [0.25, 0.3) is 0 Å². The van der Waals surface area contributed by atoms with Crippen LogP contribution in [0.4, 0.5) is 0 Å². The van der Waals surface area contributed by atoms with Gasteiger partial charge in [0.25, 0.3) is 0 Å². The molecule has 0 aliphatic carbocycles. The number of nitriles is 1. The standard InChI is InChI=1S/C23H18ClN3/c24-20-13-11-19(12-14-20)23(16-25)27-22(18-9-5-2-6-10-18)15-21(26-27)17-7-3-1-4-8-17/h1-14,22-23H,15H2/t22-,23-/m0/s1. The third kappa shape index (κ3) is 3.58. The molecule has 4 heteroatoms. The quantitative estimate of drug-likeness (QED) is 0.585. The van der Waals surface area contributed by atoms with E-state index in [4.69, 9.17) is 16.7 Å². The van der Waals surface area contributed by atoms with E-state index in [-0.39, 0.29) is 6.04 Å². The lowest BCUT2D eigenvalue weighted by molar-refractivity contribution is 0.196. The Balaban J connectivity index is 1.76. The first kappa shape index (κ1) is 17.3. The molecule has 2 atom stereocenters. The summed E-state index contributed by atoms with van der Waals surface area (Å²) in [5.41, 5.74) is 4.13. The van der Waals surface area contributed by atoms with Crippen molar-refractivity contribution >= 4 is 17.3 Å². The third-order valence-electron chi connectivity index (χ3n) is 4.81. The molecule has 0 saturated heterocycles. The summed E-state index contributed by atoms with van der Waals surface area (Å²) in [6.45, 7) is 0. The summed E-state index contributed by atoms with van der Waals surface area (Å²) in [6, 6.07) is 29.8. The number of hydrogen-bond acceptors (Lipinski definition) is 3. The summed E-state index contributed by atoms with van der Waals surface area (Å²) < 4.78 is 0. The van der Waals surface area contributed by atoms with Gasteiger partial charge in [-0.25, -0.2) is 0 Å². The zero-order chi connectivity index (χ0) is 18.6. The molecule has 1 heterocycles. The van der Waals surface area contributed by atoms with E-state index >= 15 is 0 Å². The summed E-state index contributed by atoms with van der Waals surface area (Å²) in [6.07, 6.45) is 0.764. The van der Waals surface area contributed by atoms with Gasteiger partial charge >= 0.3 is 0 Å². The highest BCUT2D eigenvalue weighted by Crippen LogP contribution is 2.39. The molecule has 0 unspecified atom stereocenters. The molecular formula is C23H18ClN3. The van der Waals surface area contributed by atoms with Crippen LogP contribution in [-0.4, -0.2) is 10.7 Å². The van der Waals surface area contributed by atoms with Crippen molar-refractivity contribution in [3.8, 4) is 6.07 Å². The number of rotatable bonds is 4. The van der Waals surface area contributed by atoms with E-state index in [0.717, 1.165) is 28.8 Å². The van der Waals surface area contributed by atoms with Crippen LogP contribution < -0.4 is 0 Å². The van der Waals surface area contributed by atoms with Gasteiger partial charge in [-0.1, -0.05) is 84.4 Å². The second kappa shape index (κ2) is 7.65. The summed E-state index contributed by atoms with van der Waals surface area (Å²) in [4.78, 5) is 0. The first-order valence-corrected chi connectivity index (χ1v) is 9.25. The van der Waals surface area contributed by atoms with Gasteiger partial charge in [0.1, 0.15) is 0 Å². The Morgan fingerprint density at radius 1 is 0.926 bits per heavy atom. The van der Waals surface area contributed by atoms with Crippen molar-refractivity contribution in [1.82, 2.24) is 5.01 Å². The molecule has 1 aliphatic heterocycles.